The fraction of sp³-hybridized carbons (Fsp3) is 0.333. The number of anilines is 1. The van der Waals surface area contributed by atoms with Gasteiger partial charge in [-0.05, 0) is 55.2 Å². The Kier molecular flexibility index (Phi) is 6.74. The van der Waals surface area contributed by atoms with E-state index in [-0.39, 0.29) is 23.6 Å². The number of sulfone groups is 1. The molecule has 1 atom stereocenters. The zero-order chi connectivity index (χ0) is 21.0. The van der Waals surface area contributed by atoms with E-state index in [1.165, 1.54) is 0 Å². The van der Waals surface area contributed by atoms with E-state index in [0.717, 1.165) is 22.9 Å². The van der Waals surface area contributed by atoms with Crippen molar-refractivity contribution >= 4 is 43.3 Å². The van der Waals surface area contributed by atoms with Gasteiger partial charge < -0.3 is 10.6 Å². The van der Waals surface area contributed by atoms with Crippen LogP contribution in [0.2, 0.25) is 0 Å². The van der Waals surface area contributed by atoms with Gasteiger partial charge in [0.2, 0.25) is 11.8 Å². The predicted molar refractivity (Wildman–Crippen MR) is 116 cm³/mol. The molecule has 1 aliphatic rings. The van der Waals surface area contributed by atoms with Gasteiger partial charge in [-0.2, -0.15) is 0 Å². The largest absolute Gasteiger partial charge is 0.349 e. The zero-order valence-corrected chi connectivity index (χ0v) is 18.4. The van der Waals surface area contributed by atoms with E-state index in [4.69, 9.17) is 0 Å². The molecule has 0 radical (unpaired) electrons. The van der Waals surface area contributed by atoms with Gasteiger partial charge in [0.05, 0.1) is 11.8 Å². The maximum Gasteiger partial charge on any atom is 0.235 e. The summed E-state index contributed by atoms with van der Waals surface area (Å²) in [7, 11) is -3.58. The van der Waals surface area contributed by atoms with E-state index in [2.05, 4.69) is 26.6 Å². The lowest BCUT2D eigenvalue weighted by Crippen LogP contribution is -2.32. The fourth-order valence-corrected chi connectivity index (χ4v) is 4.66. The van der Waals surface area contributed by atoms with Crippen molar-refractivity contribution in [3.8, 4) is 0 Å². The van der Waals surface area contributed by atoms with Gasteiger partial charge in [0.15, 0.2) is 9.84 Å². The van der Waals surface area contributed by atoms with Crippen molar-refractivity contribution in [2.45, 2.75) is 31.6 Å². The van der Waals surface area contributed by atoms with Crippen LogP contribution in [0.25, 0.3) is 0 Å². The molecule has 0 bridgehead atoms. The molecule has 6 nitrogen and oxygen atoms in total. The minimum Gasteiger partial charge on any atom is -0.349 e. The summed E-state index contributed by atoms with van der Waals surface area (Å²) in [5, 5.41) is 5.58. The number of hydrogen-bond acceptors (Lipinski definition) is 4. The van der Waals surface area contributed by atoms with Gasteiger partial charge in [-0.3, -0.25) is 9.59 Å². The van der Waals surface area contributed by atoms with Gasteiger partial charge in [0.25, 0.3) is 0 Å². The number of benzene rings is 2. The van der Waals surface area contributed by atoms with E-state index < -0.39 is 21.5 Å². The Labute approximate surface area is 179 Å². The molecule has 0 heterocycles. The van der Waals surface area contributed by atoms with E-state index >= 15 is 0 Å². The topological polar surface area (TPSA) is 92.3 Å². The van der Waals surface area contributed by atoms with Crippen LogP contribution in [0.4, 0.5) is 5.69 Å². The Morgan fingerprint density at radius 2 is 1.83 bits per heavy atom. The molecule has 0 aromatic heterocycles. The molecule has 29 heavy (non-hydrogen) atoms. The maximum atomic E-state index is 12.3. The predicted octanol–water partition coefficient (Wildman–Crippen LogP) is 3.59. The molecule has 2 amide bonds. The summed E-state index contributed by atoms with van der Waals surface area (Å²) in [6.07, 6.45) is 1.88. The van der Waals surface area contributed by atoms with Gasteiger partial charge in [-0.25, -0.2) is 8.42 Å². The summed E-state index contributed by atoms with van der Waals surface area (Å²) in [5.41, 5.74) is 2.16. The third-order valence-electron chi connectivity index (χ3n) is 4.63. The molecule has 3 rings (SSSR count). The number of halogens is 1. The first kappa shape index (κ1) is 21.5. The van der Waals surface area contributed by atoms with Crippen molar-refractivity contribution in [1.82, 2.24) is 5.32 Å². The molecule has 1 unspecified atom stereocenters. The Balaban J connectivity index is 1.53. The van der Waals surface area contributed by atoms with Crippen LogP contribution >= 0.6 is 15.9 Å². The normalized spacial score (nSPS) is 14.8. The van der Waals surface area contributed by atoms with Gasteiger partial charge in [0, 0.05) is 16.1 Å². The summed E-state index contributed by atoms with van der Waals surface area (Å²) in [6.45, 7) is 1.79. The molecular weight excluding hydrogens is 456 g/mol. The first-order valence-electron chi connectivity index (χ1n) is 9.37. The lowest BCUT2D eigenvalue weighted by molar-refractivity contribution is -0.119. The average molecular weight is 479 g/mol. The Morgan fingerprint density at radius 1 is 1.14 bits per heavy atom. The lowest BCUT2D eigenvalue weighted by atomic mass is 10.1. The van der Waals surface area contributed by atoms with Crippen molar-refractivity contribution < 1.29 is 18.0 Å². The highest BCUT2D eigenvalue weighted by molar-refractivity contribution is 9.10. The Hall–Kier alpha value is -2.19. The number of hydrogen-bond donors (Lipinski definition) is 2. The summed E-state index contributed by atoms with van der Waals surface area (Å²) >= 11 is 3.31. The highest BCUT2D eigenvalue weighted by Gasteiger charge is 2.29. The maximum absolute atomic E-state index is 12.3. The van der Waals surface area contributed by atoms with Crippen molar-refractivity contribution in [3.63, 3.8) is 0 Å². The second kappa shape index (κ2) is 9.09. The first-order chi connectivity index (χ1) is 13.7. The zero-order valence-electron chi connectivity index (χ0n) is 16.0. The van der Waals surface area contributed by atoms with Crippen LogP contribution in [-0.2, 0) is 25.2 Å². The van der Waals surface area contributed by atoms with Crippen LogP contribution in [0.5, 0.6) is 0 Å². The van der Waals surface area contributed by atoms with Crippen LogP contribution < -0.4 is 10.6 Å². The van der Waals surface area contributed by atoms with Crippen LogP contribution in [-0.4, -0.2) is 26.0 Å². The van der Waals surface area contributed by atoms with Crippen LogP contribution in [0.15, 0.2) is 53.0 Å². The summed E-state index contributed by atoms with van der Waals surface area (Å²) in [6, 6.07) is 13.8. The number of carbonyl (C=O) groups is 2. The fourth-order valence-electron chi connectivity index (χ4n) is 2.94. The van der Waals surface area contributed by atoms with E-state index in [1.54, 1.807) is 37.3 Å². The number of rotatable bonds is 8. The molecule has 0 aliphatic heterocycles. The highest BCUT2D eigenvalue weighted by Crippen LogP contribution is 2.30. The van der Waals surface area contributed by atoms with E-state index in [1.807, 2.05) is 18.2 Å². The Morgan fingerprint density at radius 3 is 2.45 bits per heavy atom. The third kappa shape index (κ3) is 6.68. The SMILES string of the molecule is CC(NC(=O)CS(=O)(=O)Cc1cccc(Br)c1)c1ccc(NC(=O)C2CC2)cc1. The minimum atomic E-state index is -3.58. The first-order valence-corrected chi connectivity index (χ1v) is 12.0. The molecule has 1 aliphatic carbocycles. The van der Waals surface area contributed by atoms with Crippen molar-refractivity contribution in [2.75, 3.05) is 11.1 Å². The quantitative estimate of drug-likeness (QED) is 0.606. The molecule has 154 valence electrons. The highest BCUT2D eigenvalue weighted by atomic mass is 79.9. The second-order valence-corrected chi connectivity index (χ2v) is 10.3. The van der Waals surface area contributed by atoms with Crippen LogP contribution in [0.1, 0.15) is 36.9 Å². The average Bonchev–Trinajstić information content (AvgIpc) is 3.46. The van der Waals surface area contributed by atoms with Crippen molar-refractivity contribution in [2.24, 2.45) is 5.92 Å². The summed E-state index contributed by atoms with van der Waals surface area (Å²) < 4.78 is 25.5. The monoisotopic (exact) mass is 478 g/mol. The summed E-state index contributed by atoms with van der Waals surface area (Å²) in [5.74, 6) is -1.14. The standard InChI is InChI=1S/C21H23BrN2O4S/c1-14(16-7-9-19(10-8-16)24-21(26)17-5-6-17)23-20(25)13-29(27,28)12-15-3-2-4-18(22)11-15/h2-4,7-11,14,17H,5-6,12-13H2,1H3,(H,23,25)(H,24,26). The molecule has 1 saturated carbocycles. The Bertz CT molecular complexity index is 1000. The molecule has 2 aromatic rings. The van der Waals surface area contributed by atoms with Gasteiger partial charge in [-0.1, -0.05) is 40.2 Å². The van der Waals surface area contributed by atoms with Gasteiger partial charge >= 0.3 is 0 Å². The smallest absolute Gasteiger partial charge is 0.235 e. The molecule has 2 N–H and O–H groups in total. The molecule has 1 fully saturated rings. The molecule has 2 aromatic carbocycles. The van der Waals surface area contributed by atoms with Crippen molar-refractivity contribution in [3.05, 3.63) is 64.1 Å². The molecular formula is C21H23BrN2O4S. The summed E-state index contributed by atoms with van der Waals surface area (Å²) in [4.78, 5) is 24.0. The van der Waals surface area contributed by atoms with Crippen LogP contribution in [0, 0.1) is 5.92 Å². The second-order valence-electron chi connectivity index (χ2n) is 7.34. The molecule has 8 heteroatoms. The number of amides is 2. The molecule has 0 spiro atoms. The van der Waals surface area contributed by atoms with E-state index in [0.29, 0.717) is 11.3 Å². The lowest BCUT2D eigenvalue weighted by Gasteiger charge is -2.15. The number of nitrogens with one attached hydrogen (secondary N) is 2. The van der Waals surface area contributed by atoms with E-state index in [9.17, 15) is 18.0 Å². The number of carbonyl (C=O) groups excluding carboxylic acids is 2. The van der Waals surface area contributed by atoms with Gasteiger partial charge in [0.1, 0.15) is 5.75 Å². The van der Waals surface area contributed by atoms with Crippen LogP contribution in [0.3, 0.4) is 0 Å². The minimum absolute atomic E-state index is 0.0368. The van der Waals surface area contributed by atoms with Crippen molar-refractivity contribution in [1.29, 1.82) is 0 Å². The molecule has 0 saturated heterocycles. The van der Waals surface area contributed by atoms with Gasteiger partial charge in [-0.15, -0.1) is 0 Å². The third-order valence-corrected chi connectivity index (χ3v) is 6.60.